The van der Waals surface area contributed by atoms with Gasteiger partial charge in [-0.05, 0) is 24.8 Å². The lowest BCUT2D eigenvalue weighted by atomic mass is 10.1. The van der Waals surface area contributed by atoms with Crippen LogP contribution in [-0.2, 0) is 0 Å². The fraction of sp³-hybridized carbons (Fsp3) is 0.400. The largest absolute Gasteiger partial charge is 0.378 e. The van der Waals surface area contributed by atoms with Crippen molar-refractivity contribution in [2.24, 2.45) is 0 Å². The van der Waals surface area contributed by atoms with Crippen molar-refractivity contribution in [3.63, 3.8) is 0 Å². The molecule has 0 aliphatic heterocycles. The van der Waals surface area contributed by atoms with E-state index in [0.717, 1.165) is 4.88 Å². The summed E-state index contributed by atoms with van der Waals surface area (Å²) in [6.45, 7) is 3.65. The van der Waals surface area contributed by atoms with Gasteiger partial charge in [-0.3, -0.25) is 0 Å². The van der Waals surface area contributed by atoms with Crippen molar-refractivity contribution in [3.8, 4) is 11.8 Å². The Balaban J connectivity index is 2.72. The van der Waals surface area contributed by atoms with Crippen molar-refractivity contribution in [1.82, 2.24) is 0 Å². The molecule has 0 saturated heterocycles. The van der Waals surface area contributed by atoms with Gasteiger partial charge in [0.15, 0.2) is 0 Å². The van der Waals surface area contributed by atoms with Crippen molar-refractivity contribution in [2.75, 3.05) is 0 Å². The molecule has 0 spiro atoms. The van der Waals surface area contributed by atoms with E-state index in [2.05, 4.69) is 11.8 Å². The van der Waals surface area contributed by atoms with E-state index in [-0.39, 0.29) is 0 Å². The summed E-state index contributed by atoms with van der Waals surface area (Å²) in [5, 5.41) is 11.5. The van der Waals surface area contributed by atoms with Crippen LogP contribution in [-0.4, -0.2) is 10.7 Å². The smallest absolute Gasteiger partial charge is 0.122 e. The number of hydrogen-bond acceptors (Lipinski definition) is 2. The van der Waals surface area contributed by atoms with Gasteiger partial charge >= 0.3 is 0 Å². The van der Waals surface area contributed by atoms with Crippen LogP contribution < -0.4 is 0 Å². The van der Waals surface area contributed by atoms with Gasteiger partial charge in [0.05, 0.1) is 4.88 Å². The Labute approximate surface area is 77.1 Å². The molecule has 1 aromatic rings. The lowest BCUT2D eigenvalue weighted by Crippen LogP contribution is -2.19. The van der Waals surface area contributed by atoms with Crippen molar-refractivity contribution in [3.05, 3.63) is 22.4 Å². The average molecular weight is 180 g/mol. The lowest BCUT2D eigenvalue weighted by Gasteiger charge is -2.11. The molecule has 2 heteroatoms. The molecule has 12 heavy (non-hydrogen) atoms. The summed E-state index contributed by atoms with van der Waals surface area (Å²) >= 11 is 1.59. The van der Waals surface area contributed by atoms with Gasteiger partial charge in [-0.15, -0.1) is 11.3 Å². The summed E-state index contributed by atoms with van der Waals surface area (Å²) in [4.78, 5) is 1.00. The van der Waals surface area contributed by atoms with Gasteiger partial charge in [0.25, 0.3) is 0 Å². The molecule has 64 valence electrons. The maximum Gasteiger partial charge on any atom is 0.122 e. The molecule has 0 radical (unpaired) electrons. The monoisotopic (exact) mass is 180 g/mol. The summed E-state index contributed by atoms with van der Waals surface area (Å²) in [7, 11) is 0. The maximum absolute atomic E-state index is 9.55. The Morgan fingerprint density at radius 3 is 2.92 bits per heavy atom. The number of thiophene rings is 1. The highest BCUT2D eigenvalue weighted by molar-refractivity contribution is 7.10. The molecule has 1 unspecified atom stereocenters. The van der Waals surface area contributed by atoms with Gasteiger partial charge in [-0.25, -0.2) is 0 Å². The minimum Gasteiger partial charge on any atom is -0.378 e. The summed E-state index contributed by atoms with van der Waals surface area (Å²) < 4.78 is 0. The maximum atomic E-state index is 9.55. The molecule has 1 nitrogen and oxygen atoms in total. The molecule has 1 aromatic heterocycles. The molecule has 0 bridgehead atoms. The van der Waals surface area contributed by atoms with E-state index in [0.29, 0.717) is 6.42 Å². The van der Waals surface area contributed by atoms with Crippen LogP contribution in [0.25, 0.3) is 0 Å². The van der Waals surface area contributed by atoms with Crippen molar-refractivity contribution in [1.29, 1.82) is 0 Å². The minimum atomic E-state index is -0.843. The third-order valence-electron chi connectivity index (χ3n) is 1.66. The first-order valence-electron chi connectivity index (χ1n) is 3.93. The van der Waals surface area contributed by atoms with E-state index >= 15 is 0 Å². The Hall–Kier alpha value is -0.780. The van der Waals surface area contributed by atoms with Crippen molar-refractivity contribution < 1.29 is 5.11 Å². The van der Waals surface area contributed by atoms with E-state index in [4.69, 9.17) is 0 Å². The molecule has 0 saturated carbocycles. The predicted octanol–water partition coefficient (Wildman–Crippen LogP) is 2.26. The van der Waals surface area contributed by atoms with E-state index in [1.54, 1.807) is 18.3 Å². The van der Waals surface area contributed by atoms with Crippen LogP contribution >= 0.6 is 11.3 Å². The van der Waals surface area contributed by atoms with Crippen LogP contribution in [0.1, 0.15) is 25.1 Å². The molecular weight excluding hydrogens is 168 g/mol. The van der Waals surface area contributed by atoms with Gasteiger partial charge in [-0.2, -0.15) is 0 Å². The van der Waals surface area contributed by atoms with E-state index in [1.807, 2.05) is 24.4 Å². The first-order chi connectivity index (χ1) is 5.64. The molecule has 0 aliphatic rings. The van der Waals surface area contributed by atoms with Crippen LogP contribution in [0.5, 0.6) is 0 Å². The number of rotatable bonds is 1. The van der Waals surface area contributed by atoms with Crippen LogP contribution in [0.15, 0.2) is 17.5 Å². The van der Waals surface area contributed by atoms with Crippen LogP contribution in [0.4, 0.5) is 0 Å². The second-order valence-electron chi connectivity index (χ2n) is 2.85. The summed E-state index contributed by atoms with van der Waals surface area (Å²) in [6.07, 6.45) is 0.658. The van der Waals surface area contributed by atoms with Gasteiger partial charge in [0.1, 0.15) is 5.60 Å². The first-order valence-corrected chi connectivity index (χ1v) is 4.81. The molecule has 0 aromatic carbocycles. The second kappa shape index (κ2) is 3.75. The molecule has 1 atom stereocenters. The number of aliphatic hydroxyl groups is 1. The van der Waals surface area contributed by atoms with Gasteiger partial charge in [0, 0.05) is 0 Å². The Kier molecular flexibility index (Phi) is 2.91. The summed E-state index contributed by atoms with van der Waals surface area (Å²) in [5.41, 5.74) is -0.843. The molecule has 0 fully saturated rings. The van der Waals surface area contributed by atoms with Gasteiger partial charge in [-0.1, -0.05) is 24.8 Å². The quantitative estimate of drug-likeness (QED) is 0.657. The molecule has 0 amide bonds. The summed E-state index contributed by atoms with van der Waals surface area (Å²) in [6, 6.07) is 3.90. The fourth-order valence-corrected chi connectivity index (χ4v) is 1.21. The minimum absolute atomic E-state index is 0.658. The van der Waals surface area contributed by atoms with Crippen molar-refractivity contribution >= 4 is 11.3 Å². The molecule has 1 heterocycles. The van der Waals surface area contributed by atoms with Gasteiger partial charge in [0.2, 0.25) is 0 Å². The Bertz CT molecular complexity index is 287. The highest BCUT2D eigenvalue weighted by atomic mass is 32.1. The predicted molar refractivity (Wildman–Crippen MR) is 52.1 cm³/mol. The van der Waals surface area contributed by atoms with Crippen molar-refractivity contribution in [2.45, 2.75) is 25.9 Å². The molecule has 1 rings (SSSR count). The second-order valence-corrected chi connectivity index (χ2v) is 3.80. The zero-order chi connectivity index (χ0) is 9.03. The summed E-state index contributed by atoms with van der Waals surface area (Å²) in [5.74, 6) is 5.76. The Morgan fingerprint density at radius 1 is 1.67 bits per heavy atom. The molecule has 1 N–H and O–H groups in total. The van der Waals surface area contributed by atoms with E-state index in [9.17, 15) is 5.11 Å². The van der Waals surface area contributed by atoms with Crippen LogP contribution in [0, 0.1) is 11.8 Å². The molecule has 0 aliphatic carbocycles. The van der Waals surface area contributed by atoms with Crippen LogP contribution in [0.3, 0.4) is 0 Å². The zero-order valence-corrected chi connectivity index (χ0v) is 8.11. The average Bonchev–Trinajstić information content (AvgIpc) is 2.53. The topological polar surface area (TPSA) is 20.2 Å². The number of hydrogen-bond donors (Lipinski definition) is 1. The Morgan fingerprint density at radius 2 is 2.42 bits per heavy atom. The van der Waals surface area contributed by atoms with Gasteiger partial charge < -0.3 is 5.11 Å². The lowest BCUT2D eigenvalue weighted by molar-refractivity contribution is 0.118. The van der Waals surface area contributed by atoms with E-state index < -0.39 is 5.60 Å². The highest BCUT2D eigenvalue weighted by Gasteiger charge is 2.12. The standard InChI is InChI=1S/C10H12OS/c1-3-10(2,11)7-6-9-5-4-8-12-9/h4-5,8,11H,3H2,1-2H3. The third kappa shape index (κ3) is 2.69. The SMILES string of the molecule is CCC(C)(O)C#Cc1cccs1. The molecular formula is C10H12OS. The van der Waals surface area contributed by atoms with E-state index in [1.165, 1.54) is 0 Å². The fourth-order valence-electron chi connectivity index (χ4n) is 0.634. The van der Waals surface area contributed by atoms with Crippen LogP contribution in [0.2, 0.25) is 0 Å². The normalized spacial score (nSPS) is 14.6. The third-order valence-corrected chi connectivity index (χ3v) is 2.45. The first kappa shape index (κ1) is 9.31. The zero-order valence-electron chi connectivity index (χ0n) is 7.29. The highest BCUT2D eigenvalue weighted by Crippen LogP contribution is 2.09.